The lowest BCUT2D eigenvalue weighted by Crippen LogP contribution is -2.48. The van der Waals surface area contributed by atoms with Crippen molar-refractivity contribution in [3.63, 3.8) is 0 Å². The third-order valence-corrected chi connectivity index (χ3v) is 6.75. The van der Waals surface area contributed by atoms with E-state index in [0.717, 1.165) is 22.0 Å². The molecule has 3 aromatic carbocycles. The van der Waals surface area contributed by atoms with Crippen LogP contribution in [0, 0.1) is 5.92 Å². The van der Waals surface area contributed by atoms with Gasteiger partial charge in [0.25, 0.3) is 5.79 Å². The van der Waals surface area contributed by atoms with E-state index >= 15 is 0 Å². The number of cyclic esters (lactones) is 2. The second-order valence-corrected chi connectivity index (χ2v) is 9.68. The molecule has 1 atom stereocenters. The molecule has 37 heavy (non-hydrogen) atoms. The number of benzene rings is 3. The minimum Gasteiger partial charge on any atom is -0.493 e. The summed E-state index contributed by atoms with van der Waals surface area (Å²) in [6.45, 7) is 3.32. The molecule has 7 nitrogen and oxygen atoms in total. The number of H-pyrrole nitrogens is 1. The van der Waals surface area contributed by atoms with Crippen molar-refractivity contribution < 1.29 is 28.5 Å². The van der Waals surface area contributed by atoms with Crippen molar-refractivity contribution in [1.82, 2.24) is 4.98 Å². The lowest BCUT2D eigenvalue weighted by atomic mass is 9.80. The number of para-hydroxylation sites is 1. The summed E-state index contributed by atoms with van der Waals surface area (Å²) in [6.07, 6.45) is 1.81. The lowest BCUT2D eigenvalue weighted by Gasteiger charge is -2.36. The first-order valence-electron chi connectivity index (χ1n) is 11.8. The predicted molar refractivity (Wildman–Crippen MR) is 139 cm³/mol. The number of carbonyl (C=O) groups excluding carboxylic acids is 2. The van der Waals surface area contributed by atoms with Gasteiger partial charge in [0.2, 0.25) is 0 Å². The minimum atomic E-state index is -1.33. The molecule has 0 aliphatic carbocycles. The number of halogens is 1. The summed E-state index contributed by atoms with van der Waals surface area (Å²) in [5.74, 6) is -3.57. The van der Waals surface area contributed by atoms with Crippen molar-refractivity contribution in [2.24, 2.45) is 5.92 Å². The van der Waals surface area contributed by atoms with Gasteiger partial charge in [-0.3, -0.25) is 9.59 Å². The fraction of sp³-hybridized carbons (Fsp3) is 0.241. The van der Waals surface area contributed by atoms with Crippen LogP contribution < -0.4 is 9.47 Å². The van der Waals surface area contributed by atoms with Gasteiger partial charge in [0.15, 0.2) is 17.4 Å². The Kier molecular flexibility index (Phi) is 6.56. The minimum absolute atomic E-state index is 0.248. The monoisotopic (exact) mass is 519 g/mol. The van der Waals surface area contributed by atoms with E-state index in [0.29, 0.717) is 22.1 Å². The zero-order valence-electron chi connectivity index (χ0n) is 20.6. The molecule has 2 heterocycles. The van der Waals surface area contributed by atoms with Crippen LogP contribution >= 0.6 is 11.6 Å². The van der Waals surface area contributed by atoms with E-state index < -0.39 is 29.6 Å². The number of carbonyl (C=O) groups is 2. The van der Waals surface area contributed by atoms with Gasteiger partial charge in [0.1, 0.15) is 6.61 Å². The van der Waals surface area contributed by atoms with Crippen LogP contribution in [0.15, 0.2) is 72.9 Å². The molecule has 1 aliphatic heterocycles. The summed E-state index contributed by atoms with van der Waals surface area (Å²) in [7, 11) is 1.54. The first-order chi connectivity index (χ1) is 17.8. The SMILES string of the molecule is COc1cc([C@H](c2c[nH]c3ccccc23)C2C(=O)OC(C)(C)OC2=O)ccc1OCc1ccccc1Cl. The molecule has 1 N–H and O–H groups in total. The largest absolute Gasteiger partial charge is 0.493 e. The number of hydrogen-bond donors (Lipinski definition) is 1. The average molecular weight is 520 g/mol. The van der Waals surface area contributed by atoms with Crippen LogP contribution in [-0.4, -0.2) is 29.8 Å². The van der Waals surface area contributed by atoms with Crippen LogP contribution in [0.3, 0.4) is 0 Å². The van der Waals surface area contributed by atoms with Crippen molar-refractivity contribution >= 4 is 34.4 Å². The molecule has 1 saturated heterocycles. The van der Waals surface area contributed by atoms with Gasteiger partial charge in [-0.2, -0.15) is 0 Å². The first-order valence-corrected chi connectivity index (χ1v) is 12.2. The highest BCUT2D eigenvalue weighted by atomic mass is 35.5. The Balaban J connectivity index is 1.56. The fourth-order valence-electron chi connectivity index (χ4n) is 4.67. The van der Waals surface area contributed by atoms with Crippen LogP contribution in [0.25, 0.3) is 10.9 Å². The van der Waals surface area contributed by atoms with Crippen molar-refractivity contribution in [1.29, 1.82) is 0 Å². The molecule has 0 spiro atoms. The highest BCUT2D eigenvalue weighted by molar-refractivity contribution is 6.31. The lowest BCUT2D eigenvalue weighted by molar-refractivity contribution is -0.240. The Morgan fingerprint density at radius 1 is 0.973 bits per heavy atom. The Bertz CT molecular complexity index is 1460. The second-order valence-electron chi connectivity index (χ2n) is 9.28. The molecule has 8 heteroatoms. The van der Waals surface area contributed by atoms with E-state index in [1.807, 2.05) is 54.7 Å². The molecule has 0 radical (unpaired) electrons. The third-order valence-electron chi connectivity index (χ3n) is 6.38. The topological polar surface area (TPSA) is 86.9 Å². The maximum atomic E-state index is 13.2. The van der Waals surface area contributed by atoms with Gasteiger partial charge < -0.3 is 23.9 Å². The third kappa shape index (κ3) is 4.87. The Morgan fingerprint density at radius 2 is 1.68 bits per heavy atom. The molecule has 190 valence electrons. The number of esters is 2. The van der Waals surface area contributed by atoms with Crippen LogP contribution in [0.5, 0.6) is 11.5 Å². The van der Waals surface area contributed by atoms with E-state index in [4.69, 9.17) is 30.5 Å². The molecule has 0 bridgehead atoms. The fourth-order valence-corrected chi connectivity index (χ4v) is 4.86. The Labute approximate surface area is 219 Å². The molecule has 0 saturated carbocycles. The van der Waals surface area contributed by atoms with E-state index in [-0.39, 0.29) is 6.61 Å². The van der Waals surface area contributed by atoms with E-state index in [9.17, 15) is 9.59 Å². The molecule has 4 aromatic rings. The summed E-state index contributed by atoms with van der Waals surface area (Å²) >= 11 is 6.27. The van der Waals surface area contributed by atoms with Gasteiger partial charge in [-0.15, -0.1) is 0 Å². The number of hydrogen-bond acceptors (Lipinski definition) is 6. The van der Waals surface area contributed by atoms with Gasteiger partial charge in [0, 0.05) is 47.5 Å². The van der Waals surface area contributed by atoms with Crippen molar-refractivity contribution in [2.45, 2.75) is 32.2 Å². The van der Waals surface area contributed by atoms with E-state index in [1.165, 1.54) is 21.0 Å². The standard InChI is InChI=1S/C29H26ClNO6/c1-29(2)36-27(32)26(28(33)37-29)25(20-15-31-22-11-7-5-9-19(20)22)17-12-13-23(24(14-17)34-3)35-16-18-8-4-6-10-21(18)30/h4-15,25-26,31H,16H2,1-3H3/t25-/m1/s1. The number of rotatable bonds is 7. The van der Waals surface area contributed by atoms with Crippen molar-refractivity contribution in [3.8, 4) is 11.5 Å². The molecule has 5 rings (SSSR count). The van der Waals surface area contributed by atoms with E-state index in [2.05, 4.69) is 4.98 Å². The molecular weight excluding hydrogens is 494 g/mol. The molecule has 1 aromatic heterocycles. The van der Waals surface area contributed by atoms with Gasteiger partial charge in [-0.05, 0) is 35.4 Å². The smallest absolute Gasteiger partial charge is 0.324 e. The number of ether oxygens (including phenoxy) is 4. The van der Waals surface area contributed by atoms with Gasteiger partial charge in [-0.1, -0.05) is 54.1 Å². The van der Waals surface area contributed by atoms with Crippen molar-refractivity contribution in [3.05, 3.63) is 94.6 Å². The van der Waals surface area contributed by atoms with Crippen LogP contribution in [0.1, 0.15) is 36.5 Å². The van der Waals surface area contributed by atoms with Crippen LogP contribution in [0.4, 0.5) is 0 Å². The van der Waals surface area contributed by atoms with Gasteiger partial charge in [-0.25, -0.2) is 0 Å². The molecule has 0 unspecified atom stereocenters. The van der Waals surface area contributed by atoms with Gasteiger partial charge >= 0.3 is 11.9 Å². The number of fused-ring (bicyclic) bond motifs is 1. The number of methoxy groups -OCH3 is 1. The molecule has 1 fully saturated rings. The summed E-state index contributed by atoms with van der Waals surface area (Å²) in [6, 6.07) is 20.5. The zero-order valence-corrected chi connectivity index (χ0v) is 21.4. The zero-order chi connectivity index (χ0) is 26.2. The Morgan fingerprint density at radius 3 is 2.41 bits per heavy atom. The average Bonchev–Trinajstić information content (AvgIpc) is 3.29. The second kappa shape index (κ2) is 9.82. The predicted octanol–water partition coefficient (Wildman–Crippen LogP) is 5.99. The molecule has 0 amide bonds. The maximum Gasteiger partial charge on any atom is 0.324 e. The highest BCUT2D eigenvalue weighted by Gasteiger charge is 2.48. The summed E-state index contributed by atoms with van der Waals surface area (Å²) in [5.41, 5.74) is 3.15. The first kappa shape index (κ1) is 24.7. The maximum absolute atomic E-state index is 13.2. The number of aromatic amines is 1. The highest BCUT2D eigenvalue weighted by Crippen LogP contribution is 2.43. The summed E-state index contributed by atoms with van der Waals surface area (Å²) < 4.78 is 22.6. The number of nitrogens with one attached hydrogen (secondary N) is 1. The number of aromatic nitrogens is 1. The quantitative estimate of drug-likeness (QED) is 0.238. The molecule has 1 aliphatic rings. The van der Waals surface area contributed by atoms with Gasteiger partial charge in [0.05, 0.1) is 7.11 Å². The molecular formula is C29H26ClNO6. The van der Waals surface area contributed by atoms with Crippen molar-refractivity contribution in [2.75, 3.05) is 7.11 Å². The Hall–Kier alpha value is -3.97. The summed E-state index contributed by atoms with van der Waals surface area (Å²) in [5, 5.41) is 1.49. The van der Waals surface area contributed by atoms with Crippen LogP contribution in [0.2, 0.25) is 5.02 Å². The van der Waals surface area contributed by atoms with E-state index in [1.54, 1.807) is 18.2 Å². The summed E-state index contributed by atoms with van der Waals surface area (Å²) in [4.78, 5) is 29.6. The normalized spacial score (nSPS) is 16.2. The van der Waals surface area contributed by atoms with Crippen LogP contribution in [-0.2, 0) is 25.7 Å².